The molecule has 2 aromatic carbocycles. The van der Waals surface area contributed by atoms with Crippen molar-refractivity contribution in [2.75, 3.05) is 25.0 Å². The summed E-state index contributed by atoms with van der Waals surface area (Å²) in [6.45, 7) is 5.49. The molecule has 0 spiro atoms. The van der Waals surface area contributed by atoms with E-state index in [1.165, 1.54) is 21.5 Å². The highest BCUT2D eigenvalue weighted by molar-refractivity contribution is 7.89. The maximum atomic E-state index is 13.5. The van der Waals surface area contributed by atoms with Gasteiger partial charge in [-0.05, 0) is 55.4 Å². The minimum absolute atomic E-state index is 0.122. The van der Waals surface area contributed by atoms with Gasteiger partial charge in [0.15, 0.2) is 6.10 Å². The van der Waals surface area contributed by atoms with Gasteiger partial charge in [0.2, 0.25) is 15.9 Å². The second-order valence-corrected chi connectivity index (χ2v) is 11.5. The van der Waals surface area contributed by atoms with E-state index in [1.54, 1.807) is 13.0 Å². The molecule has 3 aliphatic rings. The molecule has 0 aromatic heterocycles. The topological polar surface area (TPSA) is 96.0 Å². The number of carbonyl (C=O) groups is 2. The first-order valence-electron chi connectivity index (χ1n) is 12.3. The number of anilines is 1. The molecule has 1 fully saturated rings. The van der Waals surface area contributed by atoms with Crippen LogP contribution in [0.25, 0.3) is 0 Å². The maximum Gasteiger partial charge on any atom is 0.265 e. The van der Waals surface area contributed by atoms with E-state index in [4.69, 9.17) is 4.74 Å². The summed E-state index contributed by atoms with van der Waals surface area (Å²) in [4.78, 5) is 27.4. The molecule has 9 heteroatoms. The molecule has 1 atom stereocenters. The zero-order valence-electron chi connectivity index (χ0n) is 20.1. The molecule has 0 radical (unpaired) electrons. The van der Waals surface area contributed by atoms with Crippen LogP contribution in [0.3, 0.4) is 0 Å². The van der Waals surface area contributed by atoms with Crippen LogP contribution in [0.2, 0.25) is 0 Å². The molecule has 2 amide bonds. The van der Waals surface area contributed by atoms with Crippen molar-refractivity contribution in [1.82, 2.24) is 9.21 Å². The quantitative estimate of drug-likeness (QED) is 0.700. The molecular formula is C26H31N3O5S. The van der Waals surface area contributed by atoms with Gasteiger partial charge in [0.25, 0.3) is 5.91 Å². The van der Waals surface area contributed by atoms with Crippen molar-refractivity contribution in [3.8, 4) is 5.75 Å². The van der Waals surface area contributed by atoms with Gasteiger partial charge in [-0.1, -0.05) is 31.2 Å². The molecular weight excluding hydrogens is 466 g/mol. The first kappa shape index (κ1) is 23.8. The zero-order chi connectivity index (χ0) is 24.7. The smallest absolute Gasteiger partial charge is 0.265 e. The predicted octanol–water partition coefficient (Wildman–Crippen LogP) is 3.09. The minimum atomic E-state index is -3.76. The number of piperidine rings is 1. The van der Waals surface area contributed by atoms with Gasteiger partial charge in [-0.15, -0.1) is 0 Å². The van der Waals surface area contributed by atoms with Crippen LogP contribution >= 0.6 is 0 Å². The Morgan fingerprint density at radius 1 is 1.11 bits per heavy atom. The molecule has 8 nitrogen and oxygen atoms in total. The summed E-state index contributed by atoms with van der Waals surface area (Å²) in [7, 11) is -3.76. The molecule has 1 unspecified atom stereocenters. The maximum absolute atomic E-state index is 13.5. The summed E-state index contributed by atoms with van der Waals surface area (Å²) >= 11 is 0. The van der Waals surface area contributed by atoms with E-state index >= 15 is 0 Å². The molecule has 0 aliphatic carbocycles. The largest absolute Gasteiger partial charge is 0.478 e. The van der Waals surface area contributed by atoms with E-state index in [2.05, 4.69) is 17.4 Å². The zero-order valence-corrected chi connectivity index (χ0v) is 20.9. The molecule has 3 aliphatic heterocycles. The first-order valence-corrected chi connectivity index (χ1v) is 13.7. The number of carbonyl (C=O) groups excluding carboxylic acids is 2. The number of nitrogens with one attached hydrogen (secondary N) is 1. The Labute approximate surface area is 206 Å². The van der Waals surface area contributed by atoms with Gasteiger partial charge in [0, 0.05) is 38.2 Å². The third kappa shape index (κ3) is 4.43. The lowest BCUT2D eigenvalue weighted by atomic mass is 9.94. The molecule has 1 N–H and O–H groups in total. The minimum Gasteiger partial charge on any atom is -0.478 e. The van der Waals surface area contributed by atoms with E-state index < -0.39 is 16.1 Å². The van der Waals surface area contributed by atoms with Gasteiger partial charge in [-0.25, -0.2) is 8.42 Å². The van der Waals surface area contributed by atoms with E-state index in [0.29, 0.717) is 62.4 Å². The number of benzene rings is 2. The molecule has 35 heavy (non-hydrogen) atoms. The van der Waals surface area contributed by atoms with Gasteiger partial charge in [-0.3, -0.25) is 9.59 Å². The number of ether oxygens (including phenoxy) is 1. The number of hydrogen-bond donors (Lipinski definition) is 1. The summed E-state index contributed by atoms with van der Waals surface area (Å²) in [6, 6.07) is 11.4. The lowest BCUT2D eigenvalue weighted by molar-refractivity contribution is -0.137. The molecule has 5 rings (SSSR count). The van der Waals surface area contributed by atoms with Crippen molar-refractivity contribution in [1.29, 1.82) is 0 Å². The van der Waals surface area contributed by atoms with Crippen molar-refractivity contribution in [3.05, 3.63) is 53.1 Å². The normalized spacial score (nSPS) is 21.0. The van der Waals surface area contributed by atoms with Gasteiger partial charge in [-0.2, -0.15) is 4.31 Å². The van der Waals surface area contributed by atoms with Crippen molar-refractivity contribution in [2.45, 2.75) is 57.1 Å². The third-order valence-electron chi connectivity index (χ3n) is 7.33. The highest BCUT2D eigenvalue weighted by Crippen LogP contribution is 2.37. The lowest BCUT2D eigenvalue weighted by Gasteiger charge is -2.36. The van der Waals surface area contributed by atoms with Gasteiger partial charge in [0.1, 0.15) is 5.75 Å². The van der Waals surface area contributed by atoms with Gasteiger partial charge < -0.3 is 15.0 Å². The Bertz CT molecular complexity index is 1270. The number of hydrogen-bond acceptors (Lipinski definition) is 5. The molecule has 0 saturated carbocycles. The number of nitrogens with zero attached hydrogens (tertiary/aromatic N) is 2. The molecule has 186 valence electrons. The van der Waals surface area contributed by atoms with E-state index in [1.807, 2.05) is 24.0 Å². The Balaban J connectivity index is 1.27. The van der Waals surface area contributed by atoms with E-state index in [9.17, 15) is 18.0 Å². The standard InChI is InChI=1S/C26H31N3O5S/c1-3-22-25(30)27-21-14-17(2)24(15-23(21)34-22)35(32,33)29-12-9-19(10-13-29)26(31)28-11-8-18-6-4-5-7-20(18)16-28/h4-7,14-15,19,22H,3,8-13,16H2,1-2H3,(H,27,30). The van der Waals surface area contributed by atoms with Crippen LogP contribution in [0.1, 0.15) is 42.9 Å². The Morgan fingerprint density at radius 2 is 1.83 bits per heavy atom. The van der Waals surface area contributed by atoms with Crippen molar-refractivity contribution in [2.24, 2.45) is 5.92 Å². The van der Waals surface area contributed by atoms with Crippen LogP contribution in [-0.2, 0) is 32.6 Å². The van der Waals surface area contributed by atoms with Crippen LogP contribution < -0.4 is 10.1 Å². The van der Waals surface area contributed by atoms with Crippen molar-refractivity contribution < 1.29 is 22.7 Å². The fourth-order valence-electron chi connectivity index (χ4n) is 5.26. The van der Waals surface area contributed by atoms with E-state index in [-0.39, 0.29) is 22.6 Å². The first-order chi connectivity index (χ1) is 16.8. The highest BCUT2D eigenvalue weighted by atomic mass is 32.2. The summed E-state index contributed by atoms with van der Waals surface area (Å²) < 4.78 is 34.3. The van der Waals surface area contributed by atoms with Crippen LogP contribution in [0.4, 0.5) is 5.69 Å². The van der Waals surface area contributed by atoms with Crippen molar-refractivity contribution >= 4 is 27.5 Å². The van der Waals surface area contributed by atoms with Crippen molar-refractivity contribution in [3.63, 3.8) is 0 Å². The molecule has 2 aromatic rings. The monoisotopic (exact) mass is 497 g/mol. The van der Waals surface area contributed by atoms with Gasteiger partial charge in [0.05, 0.1) is 10.6 Å². The van der Waals surface area contributed by atoms with Crippen LogP contribution in [0, 0.1) is 12.8 Å². The second kappa shape index (κ2) is 9.28. The molecule has 0 bridgehead atoms. The van der Waals surface area contributed by atoms with Crippen LogP contribution in [0.5, 0.6) is 5.75 Å². The number of sulfonamides is 1. The average Bonchev–Trinajstić information content (AvgIpc) is 2.87. The lowest BCUT2D eigenvalue weighted by Crippen LogP contribution is -2.45. The fraction of sp³-hybridized carbons (Fsp3) is 0.462. The van der Waals surface area contributed by atoms with Gasteiger partial charge >= 0.3 is 0 Å². The second-order valence-electron chi connectivity index (χ2n) is 9.57. The summed E-state index contributed by atoms with van der Waals surface area (Å²) in [5.41, 5.74) is 3.53. The Kier molecular flexibility index (Phi) is 6.31. The SMILES string of the molecule is CCC1Oc2cc(S(=O)(=O)N3CCC(C(=O)N4CCc5ccccc5C4)CC3)c(C)cc2NC1=O. The summed E-state index contributed by atoms with van der Waals surface area (Å²) in [6.07, 6.45) is 1.72. The summed E-state index contributed by atoms with van der Waals surface area (Å²) in [5, 5.41) is 2.80. The van der Waals surface area contributed by atoms with Crippen LogP contribution in [0.15, 0.2) is 41.3 Å². The highest BCUT2D eigenvalue weighted by Gasteiger charge is 2.36. The molecule has 3 heterocycles. The fourth-order valence-corrected chi connectivity index (χ4v) is 6.95. The van der Waals surface area contributed by atoms with Crippen LogP contribution in [-0.4, -0.2) is 55.2 Å². The average molecular weight is 498 g/mol. The number of amides is 2. The summed E-state index contributed by atoms with van der Waals surface area (Å²) in [5.74, 6) is 0.103. The molecule has 1 saturated heterocycles. The number of aryl methyl sites for hydroxylation is 1. The Hall–Kier alpha value is -2.91. The number of fused-ring (bicyclic) bond motifs is 2. The third-order valence-corrected chi connectivity index (χ3v) is 9.37. The number of rotatable bonds is 4. The Morgan fingerprint density at radius 3 is 2.54 bits per heavy atom. The van der Waals surface area contributed by atoms with E-state index in [0.717, 1.165) is 6.42 Å². The predicted molar refractivity (Wildman–Crippen MR) is 132 cm³/mol.